The minimum Gasteiger partial charge on any atom is -0.488 e. The Morgan fingerprint density at radius 3 is 2.41 bits per heavy atom. The Labute approximate surface area is 180 Å². The Kier molecular flexibility index (Phi) is 7.02. The third-order valence-electron chi connectivity index (χ3n) is 4.23. The molecule has 0 aliphatic carbocycles. The molecule has 0 aliphatic heterocycles. The van der Waals surface area contributed by atoms with Crippen molar-refractivity contribution >= 4 is 34.8 Å². The van der Waals surface area contributed by atoms with Crippen LogP contribution in [0.5, 0.6) is 11.5 Å². The lowest BCUT2D eigenvalue weighted by molar-refractivity contribution is 0.102. The predicted molar refractivity (Wildman–Crippen MR) is 118 cm³/mol. The lowest BCUT2D eigenvalue weighted by atomic mass is 10.1. The number of hydrogen-bond donors (Lipinski definition) is 1. The van der Waals surface area contributed by atoms with Gasteiger partial charge < -0.3 is 14.8 Å². The smallest absolute Gasteiger partial charge is 0.255 e. The first-order valence-corrected chi connectivity index (χ1v) is 9.94. The van der Waals surface area contributed by atoms with Crippen molar-refractivity contribution in [2.24, 2.45) is 0 Å². The Balaban J connectivity index is 1.85. The van der Waals surface area contributed by atoms with Gasteiger partial charge in [-0.15, -0.1) is 0 Å². The van der Waals surface area contributed by atoms with Crippen LogP contribution in [0.3, 0.4) is 0 Å². The van der Waals surface area contributed by atoms with Gasteiger partial charge in [0.25, 0.3) is 5.91 Å². The van der Waals surface area contributed by atoms with Crippen LogP contribution >= 0.6 is 23.2 Å². The molecule has 0 aliphatic rings. The molecular formula is C23H21Cl2NO3. The fourth-order valence-corrected chi connectivity index (χ4v) is 3.15. The molecule has 3 rings (SSSR count). The number of carbonyl (C=O) groups excluding carboxylic acids is 1. The second kappa shape index (κ2) is 9.68. The zero-order chi connectivity index (χ0) is 20.8. The highest BCUT2D eigenvalue weighted by atomic mass is 35.5. The number of carbonyl (C=O) groups is 1. The maximum atomic E-state index is 12.7. The van der Waals surface area contributed by atoms with Gasteiger partial charge in [0.05, 0.1) is 11.6 Å². The van der Waals surface area contributed by atoms with E-state index in [4.69, 9.17) is 32.7 Å². The molecule has 150 valence electrons. The van der Waals surface area contributed by atoms with E-state index in [0.717, 1.165) is 11.1 Å². The number of benzene rings is 3. The molecule has 0 spiro atoms. The molecule has 0 atom stereocenters. The maximum Gasteiger partial charge on any atom is 0.255 e. The summed E-state index contributed by atoms with van der Waals surface area (Å²) in [6.07, 6.45) is 0. The Morgan fingerprint density at radius 1 is 0.966 bits per heavy atom. The largest absolute Gasteiger partial charge is 0.488 e. The molecule has 0 aromatic heterocycles. The number of amides is 1. The van der Waals surface area contributed by atoms with E-state index in [2.05, 4.69) is 5.32 Å². The van der Waals surface area contributed by atoms with Crippen molar-refractivity contribution in [1.82, 2.24) is 0 Å². The molecule has 3 aromatic rings. The summed E-state index contributed by atoms with van der Waals surface area (Å²) in [5, 5.41) is 3.72. The number of halogens is 2. The van der Waals surface area contributed by atoms with Crippen LogP contribution in [-0.4, -0.2) is 12.5 Å². The summed E-state index contributed by atoms with van der Waals surface area (Å²) >= 11 is 12.5. The molecule has 6 heteroatoms. The Morgan fingerprint density at radius 2 is 1.72 bits per heavy atom. The summed E-state index contributed by atoms with van der Waals surface area (Å²) in [5.41, 5.74) is 2.89. The maximum absolute atomic E-state index is 12.7. The first-order chi connectivity index (χ1) is 14.0. The summed E-state index contributed by atoms with van der Waals surface area (Å²) in [7, 11) is 0. The van der Waals surface area contributed by atoms with Crippen molar-refractivity contribution in [3.63, 3.8) is 0 Å². The summed E-state index contributed by atoms with van der Waals surface area (Å²) in [4.78, 5) is 12.7. The van der Waals surface area contributed by atoms with E-state index in [0.29, 0.717) is 46.0 Å². The first kappa shape index (κ1) is 21.0. The van der Waals surface area contributed by atoms with E-state index >= 15 is 0 Å². The van der Waals surface area contributed by atoms with Crippen LogP contribution in [0.1, 0.15) is 28.4 Å². The van der Waals surface area contributed by atoms with E-state index in [1.54, 1.807) is 24.3 Å². The lowest BCUT2D eigenvalue weighted by Gasteiger charge is -2.15. The van der Waals surface area contributed by atoms with E-state index < -0.39 is 0 Å². The second-order valence-corrected chi connectivity index (χ2v) is 7.23. The Hall–Kier alpha value is -2.69. The molecule has 1 N–H and O–H groups in total. The van der Waals surface area contributed by atoms with Crippen molar-refractivity contribution < 1.29 is 14.3 Å². The number of aryl methyl sites for hydroxylation is 1. The number of rotatable bonds is 7. The molecule has 0 bridgehead atoms. The highest BCUT2D eigenvalue weighted by Gasteiger charge is 2.17. The van der Waals surface area contributed by atoms with Gasteiger partial charge in [0.2, 0.25) is 0 Å². The van der Waals surface area contributed by atoms with Gasteiger partial charge in [-0.05, 0) is 49.2 Å². The van der Waals surface area contributed by atoms with Crippen LogP contribution in [-0.2, 0) is 6.61 Å². The van der Waals surface area contributed by atoms with Gasteiger partial charge in [-0.1, -0.05) is 59.6 Å². The van der Waals surface area contributed by atoms with Crippen molar-refractivity contribution in [2.45, 2.75) is 20.5 Å². The van der Waals surface area contributed by atoms with Crippen molar-refractivity contribution in [1.29, 1.82) is 0 Å². The van der Waals surface area contributed by atoms with Crippen molar-refractivity contribution in [3.05, 3.63) is 87.4 Å². The third kappa shape index (κ3) is 5.43. The molecule has 0 saturated heterocycles. The molecule has 0 heterocycles. The van der Waals surface area contributed by atoms with Crippen LogP contribution in [0.2, 0.25) is 10.0 Å². The summed E-state index contributed by atoms with van der Waals surface area (Å²) in [5.74, 6) is 0.509. The fraction of sp³-hybridized carbons (Fsp3) is 0.174. The summed E-state index contributed by atoms with van der Waals surface area (Å²) < 4.78 is 11.6. The van der Waals surface area contributed by atoms with Crippen LogP contribution in [0.15, 0.2) is 60.7 Å². The highest BCUT2D eigenvalue weighted by Crippen LogP contribution is 2.37. The van der Waals surface area contributed by atoms with Gasteiger partial charge in [0, 0.05) is 16.3 Å². The number of hydrogen-bond acceptors (Lipinski definition) is 3. The molecule has 29 heavy (non-hydrogen) atoms. The van der Waals surface area contributed by atoms with Crippen LogP contribution in [0, 0.1) is 6.92 Å². The van der Waals surface area contributed by atoms with Gasteiger partial charge in [-0.25, -0.2) is 0 Å². The highest BCUT2D eigenvalue weighted by molar-refractivity contribution is 6.33. The third-order valence-corrected chi connectivity index (χ3v) is 4.92. The molecule has 0 fully saturated rings. The van der Waals surface area contributed by atoms with E-state index in [9.17, 15) is 4.79 Å². The first-order valence-electron chi connectivity index (χ1n) is 9.18. The van der Waals surface area contributed by atoms with Gasteiger partial charge in [-0.2, -0.15) is 0 Å². The van der Waals surface area contributed by atoms with Gasteiger partial charge >= 0.3 is 0 Å². The zero-order valence-corrected chi connectivity index (χ0v) is 17.7. The number of anilines is 1. The van der Waals surface area contributed by atoms with E-state index in [1.165, 1.54) is 0 Å². The molecule has 0 radical (unpaired) electrons. The van der Waals surface area contributed by atoms with Crippen LogP contribution in [0.25, 0.3) is 0 Å². The van der Waals surface area contributed by atoms with Gasteiger partial charge in [-0.3, -0.25) is 4.79 Å². The van der Waals surface area contributed by atoms with Crippen molar-refractivity contribution in [2.75, 3.05) is 11.9 Å². The Bertz CT molecular complexity index is 1010. The standard InChI is InChI=1S/C23H21Cl2NO3/c1-3-28-22-20(25)11-17(12-21(22)29-14-16-7-5-4-6-8-16)23(27)26-18-10-9-15(2)19(24)13-18/h4-13H,3,14H2,1-2H3,(H,26,27). The van der Waals surface area contributed by atoms with E-state index in [1.807, 2.05) is 50.2 Å². The SMILES string of the molecule is CCOc1c(Cl)cc(C(=O)Nc2ccc(C)c(Cl)c2)cc1OCc1ccccc1. The molecular weight excluding hydrogens is 409 g/mol. The molecule has 3 aromatic carbocycles. The van der Waals surface area contributed by atoms with E-state index in [-0.39, 0.29) is 5.91 Å². The average Bonchev–Trinajstić information content (AvgIpc) is 2.71. The average molecular weight is 430 g/mol. The topological polar surface area (TPSA) is 47.6 Å². The lowest BCUT2D eigenvalue weighted by Crippen LogP contribution is -2.13. The fourth-order valence-electron chi connectivity index (χ4n) is 2.70. The normalized spacial score (nSPS) is 10.5. The molecule has 4 nitrogen and oxygen atoms in total. The summed E-state index contributed by atoms with van der Waals surface area (Å²) in [6.45, 7) is 4.51. The minimum atomic E-state index is -0.320. The molecule has 1 amide bonds. The van der Waals surface area contributed by atoms with Gasteiger partial charge in [0.1, 0.15) is 6.61 Å². The second-order valence-electron chi connectivity index (χ2n) is 6.41. The molecule has 0 unspecified atom stereocenters. The van der Waals surface area contributed by atoms with Crippen LogP contribution < -0.4 is 14.8 Å². The van der Waals surface area contributed by atoms with Crippen molar-refractivity contribution in [3.8, 4) is 11.5 Å². The zero-order valence-electron chi connectivity index (χ0n) is 16.2. The van der Waals surface area contributed by atoms with Crippen LogP contribution in [0.4, 0.5) is 5.69 Å². The number of ether oxygens (including phenoxy) is 2. The summed E-state index contributed by atoms with van der Waals surface area (Å²) in [6, 6.07) is 18.3. The molecule has 0 saturated carbocycles. The number of nitrogens with one attached hydrogen (secondary N) is 1. The van der Waals surface area contributed by atoms with Gasteiger partial charge in [0.15, 0.2) is 11.5 Å². The quantitative estimate of drug-likeness (QED) is 0.464. The predicted octanol–water partition coefficient (Wildman–Crippen LogP) is 6.53. The monoisotopic (exact) mass is 429 g/mol. The minimum absolute atomic E-state index is 0.310.